The predicted molar refractivity (Wildman–Crippen MR) is 99.4 cm³/mol. The number of para-hydroxylation sites is 2. The quantitative estimate of drug-likeness (QED) is 0.786. The molecule has 1 aromatic heterocycles. The molecule has 2 aromatic rings. The number of methoxy groups -OCH3 is 1. The summed E-state index contributed by atoms with van der Waals surface area (Å²) in [5.74, 6) is 1.29. The molecule has 0 amide bonds. The van der Waals surface area contributed by atoms with Gasteiger partial charge in [0.15, 0.2) is 9.84 Å². The first-order valence-electron chi connectivity index (χ1n) is 8.78. The standard InChI is InChI=1S/C18H24N4O3S/c1-20-7-8-21(17-13-26(23,24)12-16(17)20)10-14-9-19-22(11-14)15-5-3-4-6-18(15)25-2/h3-6,9,11,16-17H,7-8,10,12-13H2,1-2H3/t16-,17+/m1/s1. The second kappa shape index (κ2) is 6.68. The highest BCUT2D eigenvalue weighted by atomic mass is 32.2. The van der Waals surface area contributed by atoms with Crippen molar-refractivity contribution in [2.24, 2.45) is 0 Å². The van der Waals surface area contributed by atoms with Gasteiger partial charge in [0.2, 0.25) is 0 Å². The molecule has 0 N–H and O–H groups in total. The van der Waals surface area contributed by atoms with Crippen LogP contribution in [0.25, 0.3) is 5.69 Å². The number of hydrogen-bond donors (Lipinski definition) is 0. The fraction of sp³-hybridized carbons (Fsp3) is 0.500. The number of rotatable bonds is 4. The Kier molecular flexibility index (Phi) is 4.50. The van der Waals surface area contributed by atoms with Crippen molar-refractivity contribution in [3.63, 3.8) is 0 Å². The molecule has 8 heteroatoms. The first-order chi connectivity index (χ1) is 12.5. The summed E-state index contributed by atoms with van der Waals surface area (Å²) in [5.41, 5.74) is 1.96. The Labute approximate surface area is 154 Å². The van der Waals surface area contributed by atoms with Gasteiger partial charge in [0, 0.05) is 43.5 Å². The number of hydrogen-bond acceptors (Lipinski definition) is 6. The third-order valence-electron chi connectivity index (χ3n) is 5.42. The van der Waals surface area contributed by atoms with Crippen LogP contribution in [0.5, 0.6) is 5.75 Å². The monoisotopic (exact) mass is 376 g/mol. The van der Waals surface area contributed by atoms with Gasteiger partial charge in [0.25, 0.3) is 0 Å². The lowest BCUT2D eigenvalue weighted by Crippen LogP contribution is -2.57. The third kappa shape index (κ3) is 3.24. The lowest BCUT2D eigenvalue weighted by Gasteiger charge is -2.42. The second-order valence-corrected chi connectivity index (χ2v) is 9.28. The zero-order chi connectivity index (χ0) is 18.3. The lowest BCUT2D eigenvalue weighted by atomic mass is 10.1. The van der Waals surface area contributed by atoms with Crippen LogP contribution >= 0.6 is 0 Å². The maximum absolute atomic E-state index is 12.1. The molecule has 4 rings (SSSR count). The van der Waals surface area contributed by atoms with E-state index in [0.717, 1.165) is 30.1 Å². The average molecular weight is 376 g/mol. The molecule has 2 atom stereocenters. The lowest BCUT2D eigenvalue weighted by molar-refractivity contribution is 0.0573. The first-order valence-corrected chi connectivity index (χ1v) is 10.6. The molecule has 26 heavy (non-hydrogen) atoms. The molecule has 3 heterocycles. The maximum atomic E-state index is 12.1. The summed E-state index contributed by atoms with van der Waals surface area (Å²) in [5, 5.41) is 4.47. The predicted octanol–water partition coefficient (Wildman–Crippen LogP) is 0.794. The van der Waals surface area contributed by atoms with Crippen LogP contribution in [-0.2, 0) is 16.4 Å². The number of piperazine rings is 1. The summed E-state index contributed by atoms with van der Waals surface area (Å²) in [6.07, 6.45) is 3.85. The molecule has 140 valence electrons. The second-order valence-electron chi connectivity index (χ2n) is 7.13. The van der Waals surface area contributed by atoms with Crippen LogP contribution in [0.15, 0.2) is 36.7 Å². The van der Waals surface area contributed by atoms with Gasteiger partial charge in [-0.3, -0.25) is 9.80 Å². The fourth-order valence-corrected chi connectivity index (χ4v) is 6.11. The summed E-state index contributed by atoms with van der Waals surface area (Å²) in [4.78, 5) is 4.47. The number of fused-ring (bicyclic) bond motifs is 1. The molecule has 2 aliphatic rings. The highest BCUT2D eigenvalue weighted by molar-refractivity contribution is 7.91. The molecule has 1 aromatic carbocycles. The summed E-state index contributed by atoms with van der Waals surface area (Å²) in [6, 6.07) is 7.91. The van der Waals surface area contributed by atoms with E-state index in [-0.39, 0.29) is 23.6 Å². The highest BCUT2D eigenvalue weighted by Crippen LogP contribution is 2.28. The van der Waals surface area contributed by atoms with Gasteiger partial charge in [-0.15, -0.1) is 0 Å². The van der Waals surface area contributed by atoms with Crippen LogP contribution < -0.4 is 4.74 Å². The van der Waals surface area contributed by atoms with E-state index in [4.69, 9.17) is 4.74 Å². The van der Waals surface area contributed by atoms with Crippen LogP contribution in [0.3, 0.4) is 0 Å². The van der Waals surface area contributed by atoms with Crippen molar-refractivity contribution in [1.82, 2.24) is 19.6 Å². The molecule has 0 bridgehead atoms. The fourth-order valence-electron chi connectivity index (χ4n) is 4.02. The number of ether oxygens (including phenoxy) is 1. The van der Waals surface area contributed by atoms with Crippen molar-refractivity contribution in [3.8, 4) is 11.4 Å². The van der Waals surface area contributed by atoms with Crippen molar-refractivity contribution >= 4 is 9.84 Å². The Morgan fingerprint density at radius 2 is 1.96 bits per heavy atom. The number of likely N-dealkylation sites (N-methyl/N-ethyl adjacent to an activating group) is 1. The number of aromatic nitrogens is 2. The molecule has 0 aliphatic carbocycles. The minimum absolute atomic E-state index is 0.0633. The van der Waals surface area contributed by atoms with Crippen LogP contribution in [0.4, 0.5) is 0 Å². The minimum Gasteiger partial charge on any atom is -0.494 e. The third-order valence-corrected chi connectivity index (χ3v) is 7.12. The van der Waals surface area contributed by atoms with Gasteiger partial charge in [0.05, 0.1) is 24.8 Å². The zero-order valence-corrected chi connectivity index (χ0v) is 15.9. The van der Waals surface area contributed by atoms with E-state index >= 15 is 0 Å². The molecule has 0 radical (unpaired) electrons. The molecule has 2 aliphatic heterocycles. The van der Waals surface area contributed by atoms with Gasteiger partial charge >= 0.3 is 0 Å². The molecule has 0 spiro atoms. The van der Waals surface area contributed by atoms with E-state index in [1.54, 1.807) is 7.11 Å². The van der Waals surface area contributed by atoms with E-state index in [0.29, 0.717) is 6.54 Å². The van der Waals surface area contributed by atoms with Gasteiger partial charge < -0.3 is 4.74 Å². The Bertz CT molecular complexity index is 895. The van der Waals surface area contributed by atoms with Crippen molar-refractivity contribution < 1.29 is 13.2 Å². The largest absolute Gasteiger partial charge is 0.494 e. The molecular weight excluding hydrogens is 352 g/mol. The van der Waals surface area contributed by atoms with Crippen molar-refractivity contribution in [3.05, 3.63) is 42.2 Å². The van der Waals surface area contributed by atoms with E-state index in [1.165, 1.54) is 0 Å². The Morgan fingerprint density at radius 1 is 1.19 bits per heavy atom. The maximum Gasteiger partial charge on any atom is 0.153 e. The SMILES string of the molecule is COc1ccccc1-n1cc(CN2CCN(C)[C@@H]3CS(=O)(=O)C[C@@H]32)cn1. The smallest absolute Gasteiger partial charge is 0.153 e. The van der Waals surface area contributed by atoms with Crippen LogP contribution in [0, 0.1) is 0 Å². The molecule has 0 saturated carbocycles. The molecule has 2 saturated heterocycles. The Balaban J connectivity index is 1.54. The molecule has 7 nitrogen and oxygen atoms in total. The van der Waals surface area contributed by atoms with Gasteiger partial charge in [-0.25, -0.2) is 13.1 Å². The van der Waals surface area contributed by atoms with E-state index in [9.17, 15) is 8.42 Å². The number of sulfone groups is 1. The normalized spacial score (nSPS) is 25.9. The molecule has 0 unspecified atom stereocenters. The van der Waals surface area contributed by atoms with Crippen molar-refractivity contribution in [1.29, 1.82) is 0 Å². The average Bonchev–Trinajstić information content (AvgIpc) is 3.21. The minimum atomic E-state index is -2.95. The van der Waals surface area contributed by atoms with E-state index in [2.05, 4.69) is 14.9 Å². The van der Waals surface area contributed by atoms with E-state index < -0.39 is 9.84 Å². The summed E-state index contributed by atoms with van der Waals surface area (Å²) in [7, 11) is 0.716. The highest BCUT2D eigenvalue weighted by Gasteiger charge is 2.45. The number of nitrogens with zero attached hydrogens (tertiary/aromatic N) is 4. The topological polar surface area (TPSA) is 67.7 Å². The summed E-state index contributed by atoms with van der Waals surface area (Å²) < 4.78 is 31.5. The van der Waals surface area contributed by atoms with Gasteiger partial charge in [-0.2, -0.15) is 5.10 Å². The van der Waals surface area contributed by atoms with Crippen LogP contribution in [-0.4, -0.2) is 78.8 Å². The van der Waals surface area contributed by atoms with Crippen LogP contribution in [0.1, 0.15) is 5.56 Å². The van der Waals surface area contributed by atoms with E-state index in [1.807, 2.05) is 48.4 Å². The van der Waals surface area contributed by atoms with Crippen molar-refractivity contribution in [2.45, 2.75) is 18.6 Å². The molecule has 2 fully saturated rings. The van der Waals surface area contributed by atoms with Crippen LogP contribution in [0.2, 0.25) is 0 Å². The first kappa shape index (κ1) is 17.5. The molecular formula is C18H24N4O3S. The summed E-state index contributed by atoms with van der Waals surface area (Å²) in [6.45, 7) is 2.46. The zero-order valence-electron chi connectivity index (χ0n) is 15.1. The number of benzene rings is 1. The van der Waals surface area contributed by atoms with Crippen molar-refractivity contribution in [2.75, 3.05) is 38.8 Å². The van der Waals surface area contributed by atoms with Gasteiger partial charge in [-0.1, -0.05) is 12.1 Å². The van der Waals surface area contributed by atoms with Gasteiger partial charge in [0.1, 0.15) is 11.4 Å². The summed E-state index contributed by atoms with van der Waals surface area (Å²) >= 11 is 0. The Hall–Kier alpha value is -1.90. The Morgan fingerprint density at radius 3 is 2.77 bits per heavy atom. The van der Waals surface area contributed by atoms with Gasteiger partial charge in [-0.05, 0) is 19.2 Å².